The van der Waals surface area contributed by atoms with Gasteiger partial charge in [0, 0.05) is 11.9 Å². The van der Waals surface area contributed by atoms with E-state index in [1.165, 1.54) is 25.6 Å². The first-order chi connectivity index (χ1) is 14.5. The van der Waals surface area contributed by atoms with Gasteiger partial charge in [0.15, 0.2) is 5.69 Å². The van der Waals surface area contributed by atoms with Crippen LogP contribution < -0.4 is 24.8 Å². The van der Waals surface area contributed by atoms with Crippen molar-refractivity contribution >= 4 is 28.9 Å². The van der Waals surface area contributed by atoms with Crippen molar-refractivity contribution < 1.29 is 24.1 Å². The van der Waals surface area contributed by atoms with E-state index < -0.39 is 5.91 Å². The Morgan fingerprint density at radius 3 is 2.47 bits per heavy atom. The number of hydrogen-bond acceptors (Lipinski definition) is 10. The number of aromatic nitrogens is 3. The zero-order chi connectivity index (χ0) is 21.5. The van der Waals surface area contributed by atoms with Crippen molar-refractivity contribution in [3.63, 3.8) is 0 Å². The summed E-state index contributed by atoms with van der Waals surface area (Å²) in [5.74, 6) is 0.562. The molecule has 0 aliphatic rings. The molecule has 30 heavy (non-hydrogen) atoms. The van der Waals surface area contributed by atoms with Gasteiger partial charge in [-0.15, -0.1) is 0 Å². The van der Waals surface area contributed by atoms with Gasteiger partial charge in [0.25, 0.3) is 11.1 Å². The Kier molecular flexibility index (Phi) is 6.99. The molecule has 0 saturated carbocycles. The van der Waals surface area contributed by atoms with Crippen LogP contribution in [0.4, 0.5) is 11.6 Å². The predicted molar refractivity (Wildman–Crippen MR) is 112 cm³/mol. The summed E-state index contributed by atoms with van der Waals surface area (Å²) in [5, 5.41) is 16.3. The molecule has 0 atom stereocenters. The molecule has 0 aliphatic carbocycles. The number of methoxy groups -OCH3 is 2. The van der Waals surface area contributed by atoms with E-state index in [-0.39, 0.29) is 42.2 Å². The molecule has 0 radical (unpaired) electrons. The van der Waals surface area contributed by atoms with Crippen LogP contribution in [0, 0.1) is 6.92 Å². The quantitative estimate of drug-likeness (QED) is 0.468. The van der Waals surface area contributed by atoms with E-state index in [1.807, 2.05) is 31.2 Å². The van der Waals surface area contributed by atoms with Gasteiger partial charge in [0.1, 0.15) is 11.4 Å². The van der Waals surface area contributed by atoms with Crippen LogP contribution in [0.1, 0.15) is 16.1 Å². The third-order valence-electron chi connectivity index (χ3n) is 3.87. The fraction of sp³-hybridized carbons (Fsp3) is 0.263. The zero-order valence-electron chi connectivity index (χ0n) is 16.6. The fourth-order valence-electron chi connectivity index (χ4n) is 2.42. The number of nitrogens with one attached hydrogen (secondary N) is 2. The lowest BCUT2D eigenvalue weighted by atomic mass is 10.2. The van der Waals surface area contributed by atoms with Crippen molar-refractivity contribution in [1.82, 2.24) is 15.0 Å². The molecule has 0 aliphatic heterocycles. The van der Waals surface area contributed by atoms with E-state index in [2.05, 4.69) is 25.6 Å². The van der Waals surface area contributed by atoms with Crippen LogP contribution in [-0.4, -0.2) is 53.3 Å². The number of hydrogen-bond donors (Lipinski definition) is 3. The number of thiazole rings is 1. The fourth-order valence-corrected chi connectivity index (χ4v) is 3.08. The first kappa shape index (κ1) is 21.3. The van der Waals surface area contributed by atoms with Gasteiger partial charge in [-0.05, 0) is 18.6 Å². The SMILES string of the molecule is COc1nc(NCCO)nc(OC)c1NC(=O)c1csc(Oc2ccccc2C)n1. The Labute approximate surface area is 176 Å². The van der Waals surface area contributed by atoms with Crippen LogP contribution >= 0.6 is 11.3 Å². The number of rotatable bonds is 9. The van der Waals surface area contributed by atoms with Crippen molar-refractivity contribution in [2.24, 2.45) is 0 Å². The number of aliphatic hydroxyl groups is 1. The van der Waals surface area contributed by atoms with E-state index in [4.69, 9.17) is 19.3 Å². The second-order valence-corrected chi connectivity index (χ2v) is 6.73. The molecule has 10 nitrogen and oxygen atoms in total. The molecular formula is C19H21N5O5S. The first-order valence-electron chi connectivity index (χ1n) is 8.90. The highest BCUT2D eigenvalue weighted by atomic mass is 32.1. The van der Waals surface area contributed by atoms with E-state index in [0.717, 1.165) is 5.56 Å². The number of aliphatic hydroxyl groups excluding tert-OH is 1. The molecule has 2 heterocycles. The smallest absolute Gasteiger partial charge is 0.279 e. The van der Waals surface area contributed by atoms with Gasteiger partial charge in [-0.2, -0.15) is 15.0 Å². The molecule has 1 aromatic carbocycles. The highest BCUT2D eigenvalue weighted by Gasteiger charge is 2.21. The summed E-state index contributed by atoms with van der Waals surface area (Å²) in [6.07, 6.45) is 0. The van der Waals surface area contributed by atoms with Gasteiger partial charge < -0.3 is 30.0 Å². The third-order valence-corrected chi connectivity index (χ3v) is 4.59. The van der Waals surface area contributed by atoms with Gasteiger partial charge in [0.05, 0.1) is 20.8 Å². The van der Waals surface area contributed by atoms with Crippen molar-refractivity contribution in [2.75, 3.05) is 38.0 Å². The summed E-state index contributed by atoms with van der Waals surface area (Å²) < 4.78 is 16.3. The number of aryl methyl sites for hydroxylation is 1. The maximum atomic E-state index is 12.7. The average Bonchev–Trinajstić information content (AvgIpc) is 3.23. The lowest BCUT2D eigenvalue weighted by Crippen LogP contribution is -2.16. The van der Waals surface area contributed by atoms with E-state index in [0.29, 0.717) is 10.9 Å². The van der Waals surface area contributed by atoms with E-state index in [1.54, 1.807) is 5.38 Å². The summed E-state index contributed by atoms with van der Waals surface area (Å²) >= 11 is 1.20. The maximum Gasteiger partial charge on any atom is 0.279 e. The molecule has 11 heteroatoms. The van der Waals surface area contributed by atoms with Crippen LogP contribution in [-0.2, 0) is 0 Å². The number of benzene rings is 1. The van der Waals surface area contributed by atoms with Crippen LogP contribution in [0.2, 0.25) is 0 Å². The standard InChI is InChI=1S/C19H21N5O5S/c1-11-6-4-5-7-13(11)29-19-21-12(10-30-19)15(26)22-14-16(27-2)23-18(20-8-9-25)24-17(14)28-3/h4-7,10,25H,8-9H2,1-3H3,(H,22,26)(H,20,23,24). The summed E-state index contributed by atoms with van der Waals surface area (Å²) in [7, 11) is 2.81. The summed E-state index contributed by atoms with van der Waals surface area (Å²) in [6.45, 7) is 2.08. The average molecular weight is 431 g/mol. The van der Waals surface area contributed by atoms with Crippen LogP contribution in [0.3, 0.4) is 0 Å². The third kappa shape index (κ3) is 4.93. The Bertz CT molecular complexity index is 1000. The number of amides is 1. The molecule has 0 bridgehead atoms. The first-order valence-corrected chi connectivity index (χ1v) is 9.78. The molecule has 2 aromatic heterocycles. The van der Waals surface area contributed by atoms with Gasteiger partial charge in [-0.1, -0.05) is 29.5 Å². The summed E-state index contributed by atoms with van der Waals surface area (Å²) in [5.41, 5.74) is 1.28. The Morgan fingerprint density at radius 1 is 1.13 bits per heavy atom. The lowest BCUT2D eigenvalue weighted by molar-refractivity contribution is 0.102. The molecule has 1 amide bonds. The molecule has 3 N–H and O–H groups in total. The molecule has 0 unspecified atom stereocenters. The maximum absolute atomic E-state index is 12.7. The summed E-state index contributed by atoms with van der Waals surface area (Å²) in [6, 6.07) is 7.53. The number of carbonyl (C=O) groups excluding carboxylic acids is 1. The lowest BCUT2D eigenvalue weighted by Gasteiger charge is -2.14. The molecule has 0 spiro atoms. The van der Waals surface area contributed by atoms with Crippen LogP contribution in [0.25, 0.3) is 0 Å². The van der Waals surface area contributed by atoms with Crippen molar-refractivity contribution in [3.8, 4) is 22.7 Å². The molecule has 0 fully saturated rings. The zero-order valence-corrected chi connectivity index (χ0v) is 17.4. The van der Waals surface area contributed by atoms with Gasteiger partial charge >= 0.3 is 0 Å². The second kappa shape index (κ2) is 9.85. The van der Waals surface area contributed by atoms with Gasteiger partial charge in [0.2, 0.25) is 17.7 Å². The predicted octanol–water partition coefficient (Wildman–Crippen LogP) is 2.71. The minimum Gasteiger partial charge on any atom is -0.479 e. The molecule has 0 saturated heterocycles. The number of para-hydroxylation sites is 1. The van der Waals surface area contributed by atoms with Crippen molar-refractivity contribution in [1.29, 1.82) is 0 Å². The molecule has 3 aromatic rings. The van der Waals surface area contributed by atoms with Crippen LogP contribution in [0.5, 0.6) is 22.7 Å². The highest BCUT2D eigenvalue weighted by Crippen LogP contribution is 2.33. The normalized spacial score (nSPS) is 10.4. The van der Waals surface area contributed by atoms with E-state index >= 15 is 0 Å². The van der Waals surface area contributed by atoms with Crippen LogP contribution in [0.15, 0.2) is 29.6 Å². The number of anilines is 2. The highest BCUT2D eigenvalue weighted by molar-refractivity contribution is 7.11. The number of nitrogens with zero attached hydrogens (tertiary/aromatic N) is 3. The Balaban J connectivity index is 1.79. The minimum atomic E-state index is -0.498. The van der Waals surface area contributed by atoms with Gasteiger partial charge in [-0.3, -0.25) is 4.79 Å². The molecular weight excluding hydrogens is 410 g/mol. The molecule has 158 valence electrons. The number of ether oxygens (including phenoxy) is 3. The molecule has 3 rings (SSSR count). The van der Waals surface area contributed by atoms with E-state index in [9.17, 15) is 4.79 Å². The van der Waals surface area contributed by atoms with Crippen molar-refractivity contribution in [3.05, 3.63) is 40.9 Å². The minimum absolute atomic E-state index is 0.0940. The summed E-state index contributed by atoms with van der Waals surface area (Å²) in [4.78, 5) is 25.3. The second-order valence-electron chi connectivity index (χ2n) is 5.91. The Hall–Kier alpha value is -3.44. The largest absolute Gasteiger partial charge is 0.479 e. The number of carbonyl (C=O) groups is 1. The van der Waals surface area contributed by atoms with Gasteiger partial charge in [-0.25, -0.2) is 0 Å². The Morgan fingerprint density at radius 2 is 1.83 bits per heavy atom. The topological polar surface area (TPSA) is 128 Å². The monoisotopic (exact) mass is 431 g/mol. The van der Waals surface area contributed by atoms with Crippen molar-refractivity contribution in [2.45, 2.75) is 6.92 Å².